The lowest BCUT2D eigenvalue weighted by Gasteiger charge is -2.09. The lowest BCUT2D eigenvalue weighted by molar-refractivity contribution is 0.476. The Labute approximate surface area is 110 Å². The highest BCUT2D eigenvalue weighted by Crippen LogP contribution is 2.25. The highest BCUT2D eigenvalue weighted by atomic mass is 16.3. The predicted octanol–water partition coefficient (Wildman–Crippen LogP) is 2.29. The quantitative estimate of drug-likeness (QED) is 0.752. The van der Waals surface area contributed by atoms with Gasteiger partial charge in [-0.3, -0.25) is 0 Å². The molecule has 5 heteroatoms. The van der Waals surface area contributed by atoms with E-state index in [-0.39, 0.29) is 5.75 Å². The van der Waals surface area contributed by atoms with Crippen molar-refractivity contribution in [2.75, 3.05) is 5.32 Å². The molecule has 0 amide bonds. The van der Waals surface area contributed by atoms with Gasteiger partial charge in [-0.25, -0.2) is 9.97 Å². The van der Waals surface area contributed by atoms with E-state index in [9.17, 15) is 5.11 Å². The van der Waals surface area contributed by atoms with Crippen LogP contribution in [0.1, 0.15) is 5.82 Å². The second kappa shape index (κ2) is 4.61. The Bertz CT molecular complexity index is 720. The van der Waals surface area contributed by atoms with E-state index in [4.69, 9.17) is 0 Å². The summed E-state index contributed by atoms with van der Waals surface area (Å²) < 4.78 is 1.95. The first kappa shape index (κ1) is 11.5. The summed E-state index contributed by atoms with van der Waals surface area (Å²) in [6.45, 7) is 0.589. The molecule has 2 heterocycles. The average molecular weight is 254 g/mol. The zero-order valence-electron chi connectivity index (χ0n) is 10.5. The van der Waals surface area contributed by atoms with Crippen molar-refractivity contribution in [1.82, 2.24) is 14.5 Å². The molecule has 96 valence electrons. The van der Waals surface area contributed by atoms with Gasteiger partial charge < -0.3 is 15.0 Å². The number of nitrogens with zero attached hydrogens (tertiary/aromatic N) is 3. The topological polar surface area (TPSA) is 63.0 Å². The second-order valence-electron chi connectivity index (χ2n) is 4.37. The monoisotopic (exact) mass is 254 g/mol. The summed E-state index contributed by atoms with van der Waals surface area (Å²) in [5.41, 5.74) is 0. The maximum Gasteiger partial charge on any atom is 0.134 e. The molecule has 0 aliphatic heterocycles. The summed E-state index contributed by atoms with van der Waals surface area (Å²) in [5, 5.41) is 14.8. The minimum absolute atomic E-state index is 0.237. The molecule has 2 N–H and O–H groups in total. The third-order valence-corrected chi connectivity index (χ3v) is 3.08. The van der Waals surface area contributed by atoms with Crippen molar-refractivity contribution in [3.05, 3.63) is 48.7 Å². The summed E-state index contributed by atoms with van der Waals surface area (Å²) in [6, 6.07) is 7.17. The standard InChI is InChI=1S/C14H14N4O/c1-18-7-6-15-13(18)9-17-14-12-8-11(19)3-2-10(12)4-5-16-14/h2-8,19H,9H2,1H3,(H,16,17). The third kappa shape index (κ3) is 2.22. The van der Waals surface area contributed by atoms with Crippen molar-refractivity contribution in [2.24, 2.45) is 7.05 Å². The zero-order valence-corrected chi connectivity index (χ0v) is 10.5. The first-order valence-electron chi connectivity index (χ1n) is 6.02. The first-order chi connectivity index (χ1) is 9.24. The van der Waals surface area contributed by atoms with E-state index in [1.807, 2.05) is 29.9 Å². The highest BCUT2D eigenvalue weighted by molar-refractivity contribution is 5.92. The molecular formula is C14H14N4O. The van der Waals surface area contributed by atoms with Crippen LogP contribution in [0, 0.1) is 0 Å². The van der Waals surface area contributed by atoms with Crippen molar-refractivity contribution in [3.8, 4) is 5.75 Å². The number of aromatic nitrogens is 3. The number of phenolic OH excluding ortho intramolecular Hbond substituents is 1. The van der Waals surface area contributed by atoms with Crippen LogP contribution in [0.4, 0.5) is 5.82 Å². The van der Waals surface area contributed by atoms with Crippen LogP contribution in [0.3, 0.4) is 0 Å². The molecule has 0 atom stereocenters. The van der Waals surface area contributed by atoms with Crippen LogP contribution >= 0.6 is 0 Å². The van der Waals surface area contributed by atoms with Gasteiger partial charge in [0.1, 0.15) is 17.4 Å². The van der Waals surface area contributed by atoms with E-state index >= 15 is 0 Å². The molecule has 5 nitrogen and oxygen atoms in total. The minimum atomic E-state index is 0.237. The fraction of sp³-hybridized carbons (Fsp3) is 0.143. The smallest absolute Gasteiger partial charge is 0.134 e. The molecule has 1 aromatic carbocycles. The van der Waals surface area contributed by atoms with Crippen molar-refractivity contribution < 1.29 is 5.11 Å². The molecule has 3 aromatic rings. The van der Waals surface area contributed by atoms with E-state index in [2.05, 4.69) is 15.3 Å². The highest BCUT2D eigenvalue weighted by Gasteiger charge is 2.05. The molecule has 3 rings (SSSR count). The maximum absolute atomic E-state index is 9.58. The van der Waals surface area contributed by atoms with Gasteiger partial charge in [-0.15, -0.1) is 0 Å². The van der Waals surface area contributed by atoms with E-state index in [0.717, 1.165) is 22.4 Å². The number of benzene rings is 1. The van der Waals surface area contributed by atoms with Crippen LogP contribution in [0.15, 0.2) is 42.9 Å². The lowest BCUT2D eigenvalue weighted by Crippen LogP contribution is -2.06. The molecule has 0 aliphatic rings. The summed E-state index contributed by atoms with van der Waals surface area (Å²) >= 11 is 0. The molecule has 0 aliphatic carbocycles. The number of aromatic hydroxyl groups is 1. The van der Waals surface area contributed by atoms with Crippen molar-refractivity contribution in [2.45, 2.75) is 6.54 Å². The van der Waals surface area contributed by atoms with Gasteiger partial charge in [0.25, 0.3) is 0 Å². The van der Waals surface area contributed by atoms with Crippen molar-refractivity contribution >= 4 is 16.6 Å². The number of aryl methyl sites for hydroxylation is 1. The Morgan fingerprint density at radius 2 is 2.11 bits per heavy atom. The number of nitrogens with one attached hydrogen (secondary N) is 1. The Balaban J connectivity index is 1.92. The van der Waals surface area contributed by atoms with Gasteiger partial charge in [0.05, 0.1) is 6.54 Å². The lowest BCUT2D eigenvalue weighted by atomic mass is 10.1. The van der Waals surface area contributed by atoms with Crippen LogP contribution in [0.25, 0.3) is 10.8 Å². The van der Waals surface area contributed by atoms with Gasteiger partial charge >= 0.3 is 0 Å². The molecule has 0 radical (unpaired) electrons. The molecule has 0 spiro atoms. The number of hydrogen-bond acceptors (Lipinski definition) is 4. The van der Waals surface area contributed by atoms with E-state index in [1.54, 1.807) is 24.5 Å². The Hall–Kier alpha value is -2.56. The van der Waals surface area contributed by atoms with Crippen LogP contribution in [-0.2, 0) is 13.6 Å². The number of rotatable bonds is 3. The Kier molecular flexibility index (Phi) is 2.79. The predicted molar refractivity (Wildman–Crippen MR) is 73.9 cm³/mol. The first-order valence-corrected chi connectivity index (χ1v) is 6.02. The Morgan fingerprint density at radius 1 is 1.21 bits per heavy atom. The van der Waals surface area contributed by atoms with Gasteiger partial charge in [0.15, 0.2) is 0 Å². The fourth-order valence-corrected chi connectivity index (χ4v) is 2.03. The number of pyridine rings is 1. The van der Waals surface area contributed by atoms with Crippen molar-refractivity contribution in [1.29, 1.82) is 0 Å². The molecule has 0 unspecified atom stereocenters. The van der Waals surface area contributed by atoms with Gasteiger partial charge in [-0.2, -0.15) is 0 Å². The van der Waals surface area contributed by atoms with Gasteiger partial charge in [-0.1, -0.05) is 6.07 Å². The largest absolute Gasteiger partial charge is 0.508 e. The molecule has 0 saturated carbocycles. The van der Waals surface area contributed by atoms with Gasteiger partial charge in [0, 0.05) is 31.0 Å². The fourth-order valence-electron chi connectivity index (χ4n) is 2.03. The Morgan fingerprint density at radius 3 is 2.89 bits per heavy atom. The minimum Gasteiger partial charge on any atom is -0.508 e. The molecule has 2 aromatic heterocycles. The molecular weight excluding hydrogens is 240 g/mol. The number of fused-ring (bicyclic) bond motifs is 1. The third-order valence-electron chi connectivity index (χ3n) is 3.08. The van der Waals surface area contributed by atoms with Crippen LogP contribution in [-0.4, -0.2) is 19.6 Å². The van der Waals surface area contributed by atoms with E-state index in [1.165, 1.54) is 0 Å². The maximum atomic E-state index is 9.58. The molecule has 0 saturated heterocycles. The van der Waals surface area contributed by atoms with Crippen LogP contribution in [0.2, 0.25) is 0 Å². The van der Waals surface area contributed by atoms with Crippen LogP contribution in [0.5, 0.6) is 5.75 Å². The summed E-state index contributed by atoms with van der Waals surface area (Å²) in [7, 11) is 1.95. The number of phenols is 1. The van der Waals surface area contributed by atoms with Gasteiger partial charge in [-0.05, 0) is 23.6 Å². The second-order valence-corrected chi connectivity index (χ2v) is 4.37. The van der Waals surface area contributed by atoms with Gasteiger partial charge in [0.2, 0.25) is 0 Å². The molecule has 19 heavy (non-hydrogen) atoms. The van der Waals surface area contributed by atoms with E-state index in [0.29, 0.717) is 6.54 Å². The summed E-state index contributed by atoms with van der Waals surface area (Å²) in [4.78, 5) is 8.57. The number of hydrogen-bond donors (Lipinski definition) is 2. The summed E-state index contributed by atoms with van der Waals surface area (Å²) in [6.07, 6.45) is 5.42. The number of anilines is 1. The van der Waals surface area contributed by atoms with Crippen LogP contribution < -0.4 is 5.32 Å². The normalized spacial score (nSPS) is 10.8. The molecule has 0 fully saturated rings. The summed E-state index contributed by atoms with van der Waals surface area (Å²) in [5.74, 6) is 1.91. The zero-order chi connectivity index (χ0) is 13.2. The number of imidazole rings is 1. The SMILES string of the molecule is Cn1ccnc1CNc1nccc2ccc(O)cc12. The molecule has 0 bridgehead atoms. The average Bonchev–Trinajstić information content (AvgIpc) is 2.82. The van der Waals surface area contributed by atoms with E-state index < -0.39 is 0 Å². The van der Waals surface area contributed by atoms with Crippen molar-refractivity contribution in [3.63, 3.8) is 0 Å².